The van der Waals surface area contributed by atoms with E-state index in [1.54, 1.807) is 4.90 Å². The number of carbonyl (C=O) groups excluding carboxylic acids is 1. The van der Waals surface area contributed by atoms with Crippen molar-refractivity contribution in [3.63, 3.8) is 0 Å². The van der Waals surface area contributed by atoms with Crippen molar-refractivity contribution in [1.82, 2.24) is 9.88 Å². The quantitative estimate of drug-likeness (QED) is 0.912. The van der Waals surface area contributed by atoms with Crippen molar-refractivity contribution in [2.75, 3.05) is 13.2 Å². The largest absolute Gasteiger partial charge is 0.394 e. The number of nitrogens with zero attached hydrogens (tertiary/aromatic N) is 1. The Labute approximate surface area is 122 Å². The molecule has 3 rings (SSSR count). The maximum absolute atomic E-state index is 12.4. The lowest BCUT2D eigenvalue weighted by atomic mass is 10.1. The summed E-state index contributed by atoms with van der Waals surface area (Å²) in [5, 5.41) is 11.0. The van der Waals surface area contributed by atoms with Crippen molar-refractivity contribution >= 4 is 28.4 Å². The number of hydrogen-bond donors (Lipinski definition) is 2. The second kappa shape index (κ2) is 5.46. The Bertz CT molecular complexity index is 638. The number of aromatic amines is 1. The minimum Gasteiger partial charge on any atom is -0.394 e. The number of amides is 1. The molecule has 1 aromatic heterocycles. The average molecular weight is 293 g/mol. The average Bonchev–Trinajstić information content (AvgIpc) is 3.05. The Morgan fingerprint density at radius 3 is 3.15 bits per heavy atom. The molecule has 1 amide bonds. The van der Waals surface area contributed by atoms with E-state index in [9.17, 15) is 9.90 Å². The van der Waals surface area contributed by atoms with Crippen molar-refractivity contribution in [2.24, 2.45) is 0 Å². The van der Waals surface area contributed by atoms with Crippen LogP contribution in [0, 0.1) is 0 Å². The van der Waals surface area contributed by atoms with Crippen molar-refractivity contribution in [3.05, 3.63) is 35.0 Å². The van der Waals surface area contributed by atoms with E-state index in [4.69, 9.17) is 11.6 Å². The number of rotatable bonds is 3. The van der Waals surface area contributed by atoms with E-state index < -0.39 is 0 Å². The van der Waals surface area contributed by atoms with Gasteiger partial charge in [0.2, 0.25) is 5.91 Å². The Balaban J connectivity index is 1.82. The molecule has 2 N–H and O–H groups in total. The van der Waals surface area contributed by atoms with Crippen molar-refractivity contribution < 1.29 is 9.90 Å². The van der Waals surface area contributed by atoms with Gasteiger partial charge >= 0.3 is 0 Å². The number of fused-ring (bicyclic) bond motifs is 1. The third-order valence-corrected chi connectivity index (χ3v) is 4.21. The van der Waals surface area contributed by atoms with Crippen LogP contribution < -0.4 is 0 Å². The smallest absolute Gasteiger partial charge is 0.227 e. The first-order chi connectivity index (χ1) is 9.69. The minimum absolute atomic E-state index is 0.0173. The van der Waals surface area contributed by atoms with Gasteiger partial charge in [-0.1, -0.05) is 11.6 Å². The zero-order valence-corrected chi connectivity index (χ0v) is 11.9. The van der Waals surface area contributed by atoms with Crippen LogP contribution in [0.4, 0.5) is 0 Å². The summed E-state index contributed by atoms with van der Waals surface area (Å²) in [4.78, 5) is 17.3. The highest BCUT2D eigenvalue weighted by atomic mass is 35.5. The second-order valence-electron chi connectivity index (χ2n) is 5.25. The molecule has 1 unspecified atom stereocenters. The minimum atomic E-state index is -0.0173. The highest BCUT2D eigenvalue weighted by Crippen LogP contribution is 2.24. The molecule has 2 heterocycles. The molecule has 1 fully saturated rings. The fourth-order valence-electron chi connectivity index (χ4n) is 2.92. The van der Waals surface area contributed by atoms with Gasteiger partial charge in [-0.25, -0.2) is 0 Å². The van der Waals surface area contributed by atoms with Crippen molar-refractivity contribution in [3.8, 4) is 0 Å². The number of aliphatic hydroxyl groups is 1. The van der Waals surface area contributed by atoms with Crippen LogP contribution in [-0.2, 0) is 11.2 Å². The standard InChI is InChI=1S/C15H17ClN2O2/c16-11-3-4-14-13(7-11)10(8-17-14)6-15(20)18-5-1-2-12(18)9-19/h3-4,7-8,12,17,19H,1-2,5-6,9H2. The molecular weight excluding hydrogens is 276 g/mol. The van der Waals surface area contributed by atoms with Gasteiger partial charge in [0.05, 0.1) is 19.1 Å². The molecule has 1 aromatic carbocycles. The summed E-state index contributed by atoms with van der Waals surface area (Å²) < 4.78 is 0. The van der Waals surface area contributed by atoms with Crippen LogP contribution >= 0.6 is 11.6 Å². The van der Waals surface area contributed by atoms with Gasteiger partial charge in [-0.3, -0.25) is 4.79 Å². The molecule has 0 saturated carbocycles. The zero-order chi connectivity index (χ0) is 14.1. The SMILES string of the molecule is O=C(Cc1c[nH]c2ccc(Cl)cc12)N1CCCC1CO. The summed E-state index contributed by atoms with van der Waals surface area (Å²) in [7, 11) is 0. The molecule has 4 nitrogen and oxygen atoms in total. The summed E-state index contributed by atoms with van der Waals surface area (Å²) in [5.41, 5.74) is 1.94. The van der Waals surface area contributed by atoms with Gasteiger partial charge in [0.15, 0.2) is 0 Å². The van der Waals surface area contributed by atoms with E-state index in [0.29, 0.717) is 11.4 Å². The van der Waals surface area contributed by atoms with Crippen molar-refractivity contribution in [2.45, 2.75) is 25.3 Å². The number of H-pyrrole nitrogens is 1. The van der Waals surface area contributed by atoms with Crippen LogP contribution in [0.15, 0.2) is 24.4 Å². The number of aliphatic hydroxyl groups excluding tert-OH is 1. The Kier molecular flexibility index (Phi) is 3.68. The Hall–Kier alpha value is -1.52. The van der Waals surface area contributed by atoms with Crippen LogP contribution in [-0.4, -0.2) is 40.1 Å². The zero-order valence-electron chi connectivity index (χ0n) is 11.1. The third-order valence-electron chi connectivity index (χ3n) is 3.98. The van der Waals surface area contributed by atoms with Crippen LogP contribution in [0.1, 0.15) is 18.4 Å². The number of nitrogens with one attached hydrogen (secondary N) is 1. The topological polar surface area (TPSA) is 56.3 Å². The molecule has 1 atom stereocenters. The van der Waals surface area contributed by atoms with Crippen LogP contribution in [0.25, 0.3) is 10.9 Å². The number of halogens is 1. The van der Waals surface area contributed by atoms with E-state index in [2.05, 4.69) is 4.98 Å². The predicted octanol–water partition coefficient (Wildman–Crippen LogP) is 2.35. The van der Waals surface area contributed by atoms with E-state index in [-0.39, 0.29) is 18.6 Å². The van der Waals surface area contributed by atoms with E-state index in [0.717, 1.165) is 35.9 Å². The lowest BCUT2D eigenvalue weighted by Crippen LogP contribution is -2.38. The van der Waals surface area contributed by atoms with Gasteiger partial charge in [0, 0.05) is 28.7 Å². The molecule has 1 saturated heterocycles. The normalized spacial score (nSPS) is 18.9. The van der Waals surface area contributed by atoms with Crippen LogP contribution in [0.5, 0.6) is 0 Å². The monoisotopic (exact) mass is 292 g/mol. The molecule has 20 heavy (non-hydrogen) atoms. The molecule has 0 bridgehead atoms. The van der Waals surface area contributed by atoms with Gasteiger partial charge < -0.3 is 15.0 Å². The van der Waals surface area contributed by atoms with Gasteiger partial charge in [0.25, 0.3) is 0 Å². The Morgan fingerprint density at radius 1 is 1.50 bits per heavy atom. The Morgan fingerprint density at radius 2 is 2.35 bits per heavy atom. The number of hydrogen-bond acceptors (Lipinski definition) is 2. The number of carbonyl (C=O) groups is 1. The molecule has 0 spiro atoms. The van der Waals surface area contributed by atoms with Gasteiger partial charge in [0.1, 0.15) is 0 Å². The molecule has 1 aliphatic rings. The maximum Gasteiger partial charge on any atom is 0.227 e. The molecule has 0 aliphatic carbocycles. The van der Waals surface area contributed by atoms with Crippen molar-refractivity contribution in [1.29, 1.82) is 0 Å². The summed E-state index contributed by atoms with van der Waals surface area (Å²) in [6, 6.07) is 5.60. The van der Waals surface area contributed by atoms with Gasteiger partial charge in [-0.15, -0.1) is 0 Å². The maximum atomic E-state index is 12.4. The lowest BCUT2D eigenvalue weighted by Gasteiger charge is -2.22. The van der Waals surface area contributed by atoms with Gasteiger partial charge in [-0.05, 0) is 36.6 Å². The highest BCUT2D eigenvalue weighted by molar-refractivity contribution is 6.31. The molecule has 106 valence electrons. The third kappa shape index (κ3) is 2.41. The summed E-state index contributed by atoms with van der Waals surface area (Å²) >= 11 is 6.01. The van der Waals surface area contributed by atoms with Crippen LogP contribution in [0.3, 0.4) is 0 Å². The molecule has 1 aliphatic heterocycles. The van der Waals surface area contributed by atoms with Crippen LogP contribution in [0.2, 0.25) is 5.02 Å². The second-order valence-corrected chi connectivity index (χ2v) is 5.68. The summed E-state index contributed by atoms with van der Waals surface area (Å²) in [6.45, 7) is 0.790. The first kappa shape index (κ1) is 13.5. The molecule has 5 heteroatoms. The first-order valence-corrected chi connectivity index (χ1v) is 7.22. The first-order valence-electron chi connectivity index (χ1n) is 6.85. The predicted molar refractivity (Wildman–Crippen MR) is 78.8 cm³/mol. The number of aromatic nitrogens is 1. The highest BCUT2D eigenvalue weighted by Gasteiger charge is 2.28. The van der Waals surface area contributed by atoms with Gasteiger partial charge in [-0.2, -0.15) is 0 Å². The lowest BCUT2D eigenvalue weighted by molar-refractivity contribution is -0.131. The number of benzene rings is 1. The molecule has 2 aromatic rings. The number of likely N-dealkylation sites (tertiary alicyclic amines) is 1. The molecule has 0 radical (unpaired) electrons. The summed E-state index contributed by atoms with van der Waals surface area (Å²) in [5.74, 6) is 0.0717. The molecular formula is C15H17ClN2O2. The fourth-order valence-corrected chi connectivity index (χ4v) is 3.09. The van der Waals surface area contributed by atoms with E-state index >= 15 is 0 Å². The van der Waals surface area contributed by atoms with E-state index in [1.165, 1.54) is 0 Å². The fraction of sp³-hybridized carbons (Fsp3) is 0.400. The summed E-state index contributed by atoms with van der Waals surface area (Å²) in [6.07, 6.45) is 4.07. The van der Waals surface area contributed by atoms with E-state index in [1.807, 2.05) is 24.4 Å².